The highest BCUT2D eigenvalue weighted by Gasteiger charge is 2.25. The molecule has 1 amide bonds. The van der Waals surface area contributed by atoms with Crippen molar-refractivity contribution in [1.82, 2.24) is 30.0 Å². The van der Waals surface area contributed by atoms with Gasteiger partial charge in [-0.25, -0.2) is 0 Å². The first-order valence-electron chi connectivity index (χ1n) is 9.28. The van der Waals surface area contributed by atoms with Crippen LogP contribution < -0.4 is 10.2 Å². The summed E-state index contributed by atoms with van der Waals surface area (Å²) in [6, 6.07) is 6.41. The highest BCUT2D eigenvalue weighted by molar-refractivity contribution is 7.08. The van der Waals surface area contributed by atoms with Crippen LogP contribution in [0.15, 0.2) is 29.0 Å². The molecule has 0 aromatic carbocycles. The zero-order chi connectivity index (χ0) is 18.2. The molecule has 1 N–H and O–H groups in total. The minimum Gasteiger partial charge on any atom is -0.353 e. The van der Waals surface area contributed by atoms with Crippen LogP contribution in [-0.4, -0.2) is 69.4 Å². The number of rotatable bonds is 5. The van der Waals surface area contributed by atoms with E-state index in [4.69, 9.17) is 5.10 Å². The highest BCUT2D eigenvalue weighted by Crippen LogP contribution is 2.22. The quantitative estimate of drug-likeness (QED) is 0.715. The fourth-order valence-corrected chi connectivity index (χ4v) is 3.99. The Bertz CT molecular complexity index is 942. The number of anilines is 1. The van der Waals surface area contributed by atoms with E-state index in [0.717, 1.165) is 61.9 Å². The van der Waals surface area contributed by atoms with E-state index in [1.54, 1.807) is 11.3 Å². The van der Waals surface area contributed by atoms with Crippen molar-refractivity contribution >= 4 is 28.7 Å². The van der Waals surface area contributed by atoms with Gasteiger partial charge in [0, 0.05) is 43.2 Å². The Morgan fingerprint density at radius 1 is 1.15 bits per heavy atom. The third-order valence-electron chi connectivity index (χ3n) is 5.03. The summed E-state index contributed by atoms with van der Waals surface area (Å²) >= 11 is 1.63. The molecule has 2 aliphatic rings. The van der Waals surface area contributed by atoms with Gasteiger partial charge in [-0.05, 0) is 36.4 Å². The molecule has 140 valence electrons. The monoisotopic (exact) mass is 383 g/mol. The fraction of sp³-hybridized carbons (Fsp3) is 0.444. The average molecular weight is 383 g/mol. The maximum Gasteiger partial charge on any atom is 0.234 e. The molecule has 0 bridgehead atoms. The Hall–Kier alpha value is -2.52. The molecule has 8 nitrogen and oxygen atoms in total. The van der Waals surface area contributed by atoms with Crippen LogP contribution in [0.4, 0.5) is 5.82 Å². The molecule has 0 radical (unpaired) electrons. The number of hydrogen-bond donors (Lipinski definition) is 1. The van der Waals surface area contributed by atoms with Gasteiger partial charge < -0.3 is 10.2 Å². The zero-order valence-corrected chi connectivity index (χ0v) is 15.7. The average Bonchev–Trinajstić information content (AvgIpc) is 3.17. The van der Waals surface area contributed by atoms with E-state index < -0.39 is 0 Å². The Balaban J connectivity index is 1.27. The van der Waals surface area contributed by atoms with Crippen molar-refractivity contribution in [2.75, 3.05) is 37.6 Å². The second-order valence-corrected chi connectivity index (χ2v) is 7.88. The molecule has 1 aliphatic heterocycles. The molecule has 1 aliphatic carbocycles. The van der Waals surface area contributed by atoms with Crippen LogP contribution in [0, 0.1) is 0 Å². The normalized spacial score (nSPS) is 18.1. The van der Waals surface area contributed by atoms with Gasteiger partial charge in [0.05, 0.1) is 6.54 Å². The lowest BCUT2D eigenvalue weighted by Crippen LogP contribution is -2.50. The van der Waals surface area contributed by atoms with E-state index >= 15 is 0 Å². The summed E-state index contributed by atoms with van der Waals surface area (Å²) in [5.41, 5.74) is 1.78. The van der Waals surface area contributed by atoms with Crippen LogP contribution in [0.25, 0.3) is 17.0 Å². The van der Waals surface area contributed by atoms with Crippen LogP contribution in [0.3, 0.4) is 0 Å². The Kier molecular flexibility index (Phi) is 4.25. The molecule has 9 heteroatoms. The third-order valence-corrected chi connectivity index (χ3v) is 5.72. The lowest BCUT2D eigenvalue weighted by molar-refractivity contribution is -0.122. The maximum absolute atomic E-state index is 12.0. The number of piperazine rings is 1. The van der Waals surface area contributed by atoms with Gasteiger partial charge in [0.15, 0.2) is 11.5 Å². The number of nitrogens with zero attached hydrogens (tertiary/aromatic N) is 6. The van der Waals surface area contributed by atoms with Crippen LogP contribution in [0.1, 0.15) is 12.8 Å². The first-order chi connectivity index (χ1) is 13.3. The number of thiophene rings is 1. The molecule has 3 aromatic rings. The molecular formula is C18H21N7OS. The number of fused-ring (bicyclic) bond motifs is 1. The summed E-state index contributed by atoms with van der Waals surface area (Å²) in [6.07, 6.45) is 2.26. The summed E-state index contributed by atoms with van der Waals surface area (Å²) in [4.78, 5) is 16.5. The smallest absolute Gasteiger partial charge is 0.234 e. The van der Waals surface area contributed by atoms with Crippen molar-refractivity contribution in [2.24, 2.45) is 0 Å². The number of hydrogen-bond acceptors (Lipinski definition) is 7. The number of carbonyl (C=O) groups excluding carboxylic acids is 1. The fourth-order valence-electron chi connectivity index (χ4n) is 3.36. The molecule has 0 unspecified atom stereocenters. The Labute approximate surface area is 160 Å². The van der Waals surface area contributed by atoms with Crippen molar-refractivity contribution in [3.63, 3.8) is 0 Å². The first kappa shape index (κ1) is 16.6. The minimum atomic E-state index is 0.149. The van der Waals surface area contributed by atoms with Gasteiger partial charge in [-0.2, -0.15) is 15.9 Å². The summed E-state index contributed by atoms with van der Waals surface area (Å²) in [7, 11) is 0. The number of nitrogens with one attached hydrogen (secondary N) is 1. The lowest BCUT2D eigenvalue weighted by Gasteiger charge is -2.34. The Morgan fingerprint density at radius 3 is 2.74 bits per heavy atom. The van der Waals surface area contributed by atoms with Gasteiger partial charge >= 0.3 is 0 Å². The standard InChI is InChI=1S/C18H21N7OS/c26-17(19-14-1-2-14)11-23-6-8-24(9-7-23)16-4-3-15-20-21-18(25(15)22-16)13-5-10-27-12-13/h3-5,10,12,14H,1-2,6-9,11H2,(H,19,26). The van der Waals surface area contributed by atoms with Crippen LogP contribution in [0.2, 0.25) is 0 Å². The second kappa shape index (κ2) is 6.90. The molecule has 0 spiro atoms. The Morgan fingerprint density at radius 2 is 2.00 bits per heavy atom. The van der Waals surface area contributed by atoms with Gasteiger partial charge in [-0.1, -0.05) is 0 Å². The summed E-state index contributed by atoms with van der Waals surface area (Å²) in [5.74, 6) is 1.83. The largest absolute Gasteiger partial charge is 0.353 e. The van der Waals surface area contributed by atoms with Gasteiger partial charge in [0.2, 0.25) is 5.91 Å². The molecule has 27 heavy (non-hydrogen) atoms. The first-order valence-corrected chi connectivity index (χ1v) is 10.2. The molecule has 3 aromatic heterocycles. The molecular weight excluding hydrogens is 362 g/mol. The SMILES string of the molecule is O=C(CN1CCN(c2ccc3nnc(-c4ccsc4)n3n2)CC1)NC1CC1. The van der Waals surface area contributed by atoms with Crippen molar-refractivity contribution < 1.29 is 4.79 Å². The van der Waals surface area contributed by atoms with Gasteiger partial charge in [0.25, 0.3) is 0 Å². The highest BCUT2D eigenvalue weighted by atomic mass is 32.1. The minimum absolute atomic E-state index is 0.149. The summed E-state index contributed by atoms with van der Waals surface area (Å²) in [5, 5.41) is 20.4. The van der Waals surface area contributed by atoms with Crippen molar-refractivity contribution in [3.8, 4) is 11.4 Å². The summed E-state index contributed by atoms with van der Waals surface area (Å²) in [6.45, 7) is 3.91. The van der Waals surface area contributed by atoms with E-state index in [9.17, 15) is 4.79 Å². The van der Waals surface area contributed by atoms with Gasteiger partial charge in [-0.3, -0.25) is 9.69 Å². The molecule has 1 saturated heterocycles. The molecule has 0 atom stereocenters. The summed E-state index contributed by atoms with van der Waals surface area (Å²) < 4.78 is 1.81. The van der Waals surface area contributed by atoms with E-state index in [2.05, 4.69) is 30.7 Å². The zero-order valence-electron chi connectivity index (χ0n) is 14.9. The van der Waals surface area contributed by atoms with E-state index in [1.807, 2.05) is 28.1 Å². The van der Waals surface area contributed by atoms with Crippen molar-refractivity contribution in [2.45, 2.75) is 18.9 Å². The molecule has 2 fully saturated rings. The van der Waals surface area contributed by atoms with E-state index in [1.165, 1.54) is 0 Å². The predicted molar refractivity (Wildman–Crippen MR) is 104 cm³/mol. The number of amides is 1. The van der Waals surface area contributed by atoms with Gasteiger partial charge in [0.1, 0.15) is 5.82 Å². The second-order valence-electron chi connectivity index (χ2n) is 7.10. The van der Waals surface area contributed by atoms with Crippen molar-refractivity contribution in [3.05, 3.63) is 29.0 Å². The van der Waals surface area contributed by atoms with E-state index in [0.29, 0.717) is 12.6 Å². The molecule has 1 saturated carbocycles. The number of carbonyl (C=O) groups is 1. The molecule has 4 heterocycles. The lowest BCUT2D eigenvalue weighted by atomic mass is 10.3. The molecule has 5 rings (SSSR count). The van der Waals surface area contributed by atoms with Crippen LogP contribution in [0.5, 0.6) is 0 Å². The number of aromatic nitrogens is 4. The topological polar surface area (TPSA) is 78.7 Å². The van der Waals surface area contributed by atoms with Crippen LogP contribution >= 0.6 is 11.3 Å². The van der Waals surface area contributed by atoms with E-state index in [-0.39, 0.29) is 5.91 Å². The van der Waals surface area contributed by atoms with Gasteiger partial charge in [-0.15, -0.1) is 15.3 Å². The van der Waals surface area contributed by atoms with Crippen LogP contribution in [-0.2, 0) is 4.79 Å². The maximum atomic E-state index is 12.0. The van der Waals surface area contributed by atoms with Crippen molar-refractivity contribution in [1.29, 1.82) is 0 Å². The predicted octanol–water partition coefficient (Wildman–Crippen LogP) is 1.25. The third kappa shape index (κ3) is 3.52.